The van der Waals surface area contributed by atoms with Crippen LogP contribution >= 0.6 is 0 Å². The first kappa shape index (κ1) is 12.8. The minimum absolute atomic E-state index is 0.654. The van der Waals surface area contributed by atoms with Crippen LogP contribution in [0.15, 0.2) is 48.6 Å². The van der Waals surface area contributed by atoms with Crippen molar-refractivity contribution < 1.29 is 0 Å². The third-order valence-electron chi connectivity index (χ3n) is 2.61. The average molecular weight is 214 g/mol. The van der Waals surface area contributed by atoms with Crippen LogP contribution in [-0.2, 0) is 0 Å². The molecule has 0 aliphatic carbocycles. The van der Waals surface area contributed by atoms with E-state index in [0.29, 0.717) is 5.92 Å². The van der Waals surface area contributed by atoms with Gasteiger partial charge in [-0.25, -0.2) is 0 Å². The lowest BCUT2D eigenvalue weighted by molar-refractivity contribution is 0.659. The van der Waals surface area contributed by atoms with E-state index >= 15 is 0 Å². The van der Waals surface area contributed by atoms with Gasteiger partial charge >= 0.3 is 0 Å². The fourth-order valence-electron chi connectivity index (χ4n) is 1.58. The number of benzene rings is 1. The first-order valence-corrected chi connectivity index (χ1v) is 6.21. The van der Waals surface area contributed by atoms with Gasteiger partial charge in [0, 0.05) is 0 Å². The maximum Gasteiger partial charge on any atom is -0.0256 e. The van der Waals surface area contributed by atoms with Crippen molar-refractivity contribution in [3.8, 4) is 0 Å². The SMILES string of the molecule is CC/C=C\CCC(C)/C=C/c1ccccc1. The van der Waals surface area contributed by atoms with Gasteiger partial charge in [-0.05, 0) is 30.7 Å². The molecule has 0 nitrogen and oxygen atoms in total. The van der Waals surface area contributed by atoms with Crippen molar-refractivity contribution in [3.05, 3.63) is 54.1 Å². The van der Waals surface area contributed by atoms with Gasteiger partial charge < -0.3 is 0 Å². The molecule has 0 N–H and O–H groups in total. The van der Waals surface area contributed by atoms with Crippen LogP contribution in [0.1, 0.15) is 38.7 Å². The highest BCUT2D eigenvalue weighted by molar-refractivity contribution is 5.48. The standard InChI is InChI=1S/C16H22/c1-3-4-5-7-10-15(2)13-14-16-11-8-6-9-12-16/h4-6,8-9,11-15H,3,7,10H2,1-2H3/b5-4-,14-13+. The molecule has 16 heavy (non-hydrogen) atoms. The molecule has 0 aliphatic heterocycles. The van der Waals surface area contributed by atoms with E-state index in [1.54, 1.807) is 0 Å². The second-order valence-electron chi connectivity index (χ2n) is 4.20. The minimum atomic E-state index is 0.654. The fraction of sp³-hybridized carbons (Fsp3) is 0.375. The molecule has 0 amide bonds. The Morgan fingerprint density at radius 1 is 1.12 bits per heavy atom. The maximum atomic E-state index is 2.30. The average Bonchev–Trinajstić information content (AvgIpc) is 2.33. The van der Waals surface area contributed by atoms with Gasteiger partial charge in [0.1, 0.15) is 0 Å². The van der Waals surface area contributed by atoms with E-state index in [0.717, 1.165) is 6.42 Å². The van der Waals surface area contributed by atoms with E-state index in [2.05, 4.69) is 68.5 Å². The lowest BCUT2D eigenvalue weighted by Gasteiger charge is -2.02. The third kappa shape index (κ3) is 5.55. The first-order valence-electron chi connectivity index (χ1n) is 6.21. The van der Waals surface area contributed by atoms with Crippen LogP contribution in [0.25, 0.3) is 6.08 Å². The summed E-state index contributed by atoms with van der Waals surface area (Å²) in [6.07, 6.45) is 12.6. The summed E-state index contributed by atoms with van der Waals surface area (Å²) >= 11 is 0. The normalized spacial score (nSPS) is 13.6. The summed E-state index contributed by atoms with van der Waals surface area (Å²) < 4.78 is 0. The van der Waals surface area contributed by atoms with Crippen LogP contribution in [0.5, 0.6) is 0 Å². The summed E-state index contributed by atoms with van der Waals surface area (Å²) in [5.41, 5.74) is 1.29. The van der Waals surface area contributed by atoms with Gasteiger partial charge in [-0.2, -0.15) is 0 Å². The largest absolute Gasteiger partial charge is 0.0888 e. The van der Waals surface area contributed by atoms with Crippen molar-refractivity contribution in [3.63, 3.8) is 0 Å². The van der Waals surface area contributed by atoms with E-state index in [4.69, 9.17) is 0 Å². The molecule has 1 aromatic carbocycles. The number of allylic oxidation sites excluding steroid dienone is 3. The van der Waals surface area contributed by atoms with Crippen LogP contribution in [-0.4, -0.2) is 0 Å². The van der Waals surface area contributed by atoms with Gasteiger partial charge in [0.05, 0.1) is 0 Å². The Balaban J connectivity index is 2.31. The Bertz CT molecular complexity index is 319. The maximum absolute atomic E-state index is 2.30. The number of hydrogen-bond acceptors (Lipinski definition) is 0. The highest BCUT2D eigenvalue weighted by atomic mass is 14.0. The lowest BCUT2D eigenvalue weighted by Crippen LogP contribution is -1.87. The second-order valence-corrected chi connectivity index (χ2v) is 4.20. The van der Waals surface area contributed by atoms with Crippen molar-refractivity contribution in [2.45, 2.75) is 33.1 Å². The number of hydrogen-bond donors (Lipinski definition) is 0. The summed E-state index contributed by atoms with van der Waals surface area (Å²) in [6.45, 7) is 4.45. The second kappa shape index (κ2) is 7.92. The van der Waals surface area contributed by atoms with Crippen LogP contribution in [0, 0.1) is 5.92 Å². The van der Waals surface area contributed by atoms with Crippen molar-refractivity contribution in [1.82, 2.24) is 0 Å². The molecule has 1 aromatic rings. The predicted molar refractivity (Wildman–Crippen MR) is 73.3 cm³/mol. The smallest absolute Gasteiger partial charge is 0.0256 e. The Kier molecular flexibility index (Phi) is 6.32. The molecule has 1 unspecified atom stereocenters. The van der Waals surface area contributed by atoms with E-state index in [1.807, 2.05) is 0 Å². The Morgan fingerprint density at radius 2 is 1.88 bits per heavy atom. The summed E-state index contributed by atoms with van der Waals surface area (Å²) in [5, 5.41) is 0. The van der Waals surface area contributed by atoms with Crippen LogP contribution in [0.2, 0.25) is 0 Å². The van der Waals surface area contributed by atoms with Gasteiger partial charge in [-0.3, -0.25) is 0 Å². The Morgan fingerprint density at radius 3 is 2.56 bits per heavy atom. The highest BCUT2D eigenvalue weighted by Crippen LogP contribution is 2.11. The van der Waals surface area contributed by atoms with Gasteiger partial charge in [0.2, 0.25) is 0 Å². The van der Waals surface area contributed by atoms with Crippen LogP contribution in [0.3, 0.4) is 0 Å². The van der Waals surface area contributed by atoms with Crippen molar-refractivity contribution in [2.24, 2.45) is 5.92 Å². The molecular weight excluding hydrogens is 192 g/mol. The minimum Gasteiger partial charge on any atom is -0.0888 e. The quantitative estimate of drug-likeness (QED) is 0.579. The molecule has 0 spiro atoms. The Labute approximate surface area is 99.7 Å². The van der Waals surface area contributed by atoms with E-state index in [1.165, 1.54) is 18.4 Å². The summed E-state index contributed by atoms with van der Waals surface area (Å²) in [6, 6.07) is 10.5. The number of rotatable bonds is 6. The van der Waals surface area contributed by atoms with Crippen molar-refractivity contribution in [1.29, 1.82) is 0 Å². The lowest BCUT2D eigenvalue weighted by atomic mass is 10.0. The molecule has 0 saturated heterocycles. The van der Waals surface area contributed by atoms with E-state index in [-0.39, 0.29) is 0 Å². The van der Waals surface area contributed by atoms with Crippen LogP contribution < -0.4 is 0 Å². The molecule has 0 saturated carbocycles. The zero-order valence-corrected chi connectivity index (χ0v) is 10.4. The molecular formula is C16H22. The molecule has 1 atom stereocenters. The fourth-order valence-corrected chi connectivity index (χ4v) is 1.58. The monoisotopic (exact) mass is 214 g/mol. The molecule has 0 heterocycles. The van der Waals surface area contributed by atoms with E-state index < -0.39 is 0 Å². The summed E-state index contributed by atoms with van der Waals surface area (Å²) in [5.74, 6) is 0.654. The zero-order valence-electron chi connectivity index (χ0n) is 10.4. The van der Waals surface area contributed by atoms with Gasteiger partial charge in [0.15, 0.2) is 0 Å². The molecule has 0 fully saturated rings. The molecule has 0 heteroatoms. The predicted octanol–water partition coefficient (Wildman–Crippen LogP) is 5.08. The third-order valence-corrected chi connectivity index (χ3v) is 2.61. The van der Waals surface area contributed by atoms with Crippen LogP contribution in [0.4, 0.5) is 0 Å². The van der Waals surface area contributed by atoms with Crippen molar-refractivity contribution in [2.75, 3.05) is 0 Å². The van der Waals surface area contributed by atoms with E-state index in [9.17, 15) is 0 Å². The molecule has 0 radical (unpaired) electrons. The molecule has 0 bridgehead atoms. The topological polar surface area (TPSA) is 0 Å². The molecule has 0 aliphatic rings. The van der Waals surface area contributed by atoms with Gasteiger partial charge in [0.25, 0.3) is 0 Å². The molecule has 1 rings (SSSR count). The zero-order chi connectivity index (χ0) is 11.6. The van der Waals surface area contributed by atoms with Gasteiger partial charge in [-0.15, -0.1) is 0 Å². The van der Waals surface area contributed by atoms with Gasteiger partial charge in [-0.1, -0.05) is 68.5 Å². The summed E-state index contributed by atoms with van der Waals surface area (Å²) in [4.78, 5) is 0. The van der Waals surface area contributed by atoms with Crippen molar-refractivity contribution >= 4 is 6.08 Å². The highest BCUT2D eigenvalue weighted by Gasteiger charge is 1.94. The summed E-state index contributed by atoms with van der Waals surface area (Å²) in [7, 11) is 0. The molecule has 0 aromatic heterocycles. The first-order chi connectivity index (χ1) is 7.83. The molecule has 86 valence electrons. The Hall–Kier alpha value is -1.30.